The van der Waals surface area contributed by atoms with E-state index in [2.05, 4.69) is 0 Å². The fourth-order valence-electron chi connectivity index (χ4n) is 1.68. The van der Waals surface area contributed by atoms with E-state index in [4.69, 9.17) is 5.73 Å². The summed E-state index contributed by atoms with van der Waals surface area (Å²) in [5, 5.41) is 0. The summed E-state index contributed by atoms with van der Waals surface area (Å²) in [5.41, 5.74) is 5.28. The Hall–Kier alpha value is -0.710. The molecule has 1 aliphatic heterocycles. The molecule has 1 aliphatic rings. The van der Waals surface area contributed by atoms with E-state index in [1.165, 1.54) is 4.90 Å². The predicted octanol–water partition coefficient (Wildman–Crippen LogP) is 1.62. The van der Waals surface area contributed by atoms with Crippen LogP contribution in [0.1, 0.15) is 33.1 Å². The van der Waals surface area contributed by atoms with E-state index < -0.39 is 5.92 Å². The Morgan fingerprint density at radius 3 is 2.31 bits per heavy atom. The third-order valence-corrected chi connectivity index (χ3v) is 3.03. The van der Waals surface area contributed by atoms with Crippen LogP contribution in [0.3, 0.4) is 0 Å². The van der Waals surface area contributed by atoms with Crippen molar-refractivity contribution >= 4 is 5.91 Å². The van der Waals surface area contributed by atoms with Crippen molar-refractivity contribution in [3.05, 3.63) is 0 Å². The van der Waals surface area contributed by atoms with Crippen molar-refractivity contribution in [3.8, 4) is 0 Å². The summed E-state index contributed by atoms with van der Waals surface area (Å²) in [7, 11) is 0. The van der Waals surface area contributed by atoms with E-state index in [0.717, 1.165) is 0 Å². The molecule has 1 heterocycles. The molecule has 0 aromatic carbocycles. The molecule has 0 aromatic rings. The van der Waals surface area contributed by atoms with Gasteiger partial charge >= 0.3 is 0 Å². The minimum Gasteiger partial charge on any atom is -0.342 e. The molecule has 5 heteroatoms. The number of hydrogen-bond acceptors (Lipinski definition) is 2. The molecule has 1 amide bonds. The highest BCUT2D eigenvalue weighted by Gasteiger charge is 2.36. The molecule has 0 radical (unpaired) electrons. The number of halogens is 2. The topological polar surface area (TPSA) is 46.3 Å². The smallest absolute Gasteiger partial charge is 0.251 e. The number of nitrogens with zero attached hydrogens (tertiary/aromatic N) is 1. The highest BCUT2D eigenvalue weighted by molar-refractivity contribution is 5.77. The highest BCUT2D eigenvalue weighted by Crippen LogP contribution is 2.29. The van der Waals surface area contributed by atoms with Crippen molar-refractivity contribution in [2.75, 3.05) is 19.6 Å². The number of amides is 1. The molecule has 1 saturated heterocycles. The first-order valence-corrected chi connectivity index (χ1v) is 5.61. The highest BCUT2D eigenvalue weighted by atomic mass is 19.3. The van der Waals surface area contributed by atoms with Crippen LogP contribution in [0.25, 0.3) is 0 Å². The van der Waals surface area contributed by atoms with E-state index in [9.17, 15) is 13.6 Å². The van der Waals surface area contributed by atoms with Crippen molar-refractivity contribution in [3.63, 3.8) is 0 Å². The van der Waals surface area contributed by atoms with Crippen LogP contribution >= 0.6 is 0 Å². The largest absolute Gasteiger partial charge is 0.342 e. The van der Waals surface area contributed by atoms with Gasteiger partial charge in [0.15, 0.2) is 0 Å². The van der Waals surface area contributed by atoms with Crippen molar-refractivity contribution in [1.29, 1.82) is 0 Å². The van der Waals surface area contributed by atoms with Gasteiger partial charge in [0, 0.05) is 32.4 Å². The van der Waals surface area contributed by atoms with Crippen LogP contribution in [0, 0.1) is 5.41 Å². The van der Waals surface area contributed by atoms with Crippen LogP contribution in [0.2, 0.25) is 0 Å². The van der Waals surface area contributed by atoms with Crippen LogP contribution in [0.15, 0.2) is 0 Å². The number of rotatable bonds is 3. The van der Waals surface area contributed by atoms with Gasteiger partial charge < -0.3 is 10.6 Å². The average Bonchev–Trinajstić information content (AvgIpc) is 2.16. The maximum absolute atomic E-state index is 12.9. The Morgan fingerprint density at radius 2 is 1.88 bits per heavy atom. The predicted molar refractivity (Wildman–Crippen MR) is 58.2 cm³/mol. The molecule has 1 fully saturated rings. The second-order valence-electron chi connectivity index (χ2n) is 5.28. The lowest BCUT2D eigenvalue weighted by Crippen LogP contribution is -2.44. The van der Waals surface area contributed by atoms with Crippen LogP contribution in [0.5, 0.6) is 0 Å². The third-order valence-electron chi connectivity index (χ3n) is 3.03. The summed E-state index contributed by atoms with van der Waals surface area (Å²) >= 11 is 0. The number of carbonyl (C=O) groups is 1. The zero-order valence-electron chi connectivity index (χ0n) is 9.93. The van der Waals surface area contributed by atoms with E-state index in [1.54, 1.807) is 0 Å². The molecular weight excluding hydrogens is 214 g/mol. The summed E-state index contributed by atoms with van der Waals surface area (Å²) in [5.74, 6) is -2.66. The summed E-state index contributed by atoms with van der Waals surface area (Å²) < 4.78 is 25.8. The molecule has 0 unspecified atom stereocenters. The van der Waals surface area contributed by atoms with Crippen molar-refractivity contribution in [1.82, 2.24) is 4.90 Å². The molecule has 94 valence electrons. The van der Waals surface area contributed by atoms with E-state index in [0.29, 0.717) is 13.0 Å². The van der Waals surface area contributed by atoms with Crippen LogP contribution in [-0.2, 0) is 4.79 Å². The van der Waals surface area contributed by atoms with Gasteiger partial charge in [-0.2, -0.15) is 0 Å². The Balaban J connectivity index is 2.45. The molecule has 0 spiro atoms. The van der Waals surface area contributed by atoms with Gasteiger partial charge in [-0.3, -0.25) is 4.79 Å². The van der Waals surface area contributed by atoms with Gasteiger partial charge in [0.2, 0.25) is 5.91 Å². The first kappa shape index (κ1) is 13.4. The van der Waals surface area contributed by atoms with Gasteiger partial charge in [-0.1, -0.05) is 13.8 Å². The molecule has 0 aromatic heterocycles. The van der Waals surface area contributed by atoms with Gasteiger partial charge in [-0.05, 0) is 12.0 Å². The minimum absolute atomic E-state index is 0.0639. The number of nitrogens with two attached hydrogens (primary N) is 1. The first-order valence-electron chi connectivity index (χ1n) is 5.61. The minimum atomic E-state index is -2.60. The zero-order chi connectivity index (χ0) is 12.4. The molecule has 3 nitrogen and oxygen atoms in total. The SMILES string of the molecule is CC(C)(CN)CC(=O)N1CCC(F)(F)CC1. The Kier molecular flexibility index (Phi) is 3.88. The standard InChI is InChI=1S/C11H20F2N2O/c1-10(2,8-14)7-9(16)15-5-3-11(12,13)4-6-15/h3-8,14H2,1-2H3. The Labute approximate surface area is 95.0 Å². The van der Waals surface area contributed by atoms with Crippen LogP contribution < -0.4 is 5.73 Å². The molecule has 1 rings (SSSR count). The second kappa shape index (κ2) is 4.65. The monoisotopic (exact) mass is 234 g/mol. The van der Waals surface area contributed by atoms with Crippen LogP contribution in [0.4, 0.5) is 8.78 Å². The third kappa shape index (κ3) is 3.70. The molecule has 0 atom stereocenters. The molecule has 0 aliphatic carbocycles. The van der Waals surface area contributed by atoms with Gasteiger partial charge in [0.05, 0.1) is 0 Å². The Morgan fingerprint density at radius 1 is 1.38 bits per heavy atom. The zero-order valence-corrected chi connectivity index (χ0v) is 9.93. The van der Waals surface area contributed by atoms with Gasteiger partial charge in [-0.25, -0.2) is 8.78 Å². The first-order chi connectivity index (χ1) is 7.26. The molecule has 2 N–H and O–H groups in total. The average molecular weight is 234 g/mol. The Bertz CT molecular complexity index is 257. The van der Waals surface area contributed by atoms with Gasteiger partial charge in [0.1, 0.15) is 0 Å². The number of carbonyl (C=O) groups excluding carboxylic acids is 1. The van der Waals surface area contributed by atoms with Crippen molar-refractivity contribution in [2.24, 2.45) is 11.1 Å². The summed E-state index contributed by atoms with van der Waals surface area (Å²) in [6.07, 6.45) is -0.112. The van der Waals surface area contributed by atoms with Crippen molar-refractivity contribution in [2.45, 2.75) is 39.0 Å². The quantitative estimate of drug-likeness (QED) is 0.806. The number of piperidine rings is 1. The lowest BCUT2D eigenvalue weighted by atomic mass is 9.88. The maximum Gasteiger partial charge on any atom is 0.251 e. The number of alkyl halides is 2. The lowest BCUT2D eigenvalue weighted by molar-refractivity contribution is -0.139. The fraction of sp³-hybridized carbons (Fsp3) is 0.909. The molecule has 0 bridgehead atoms. The normalized spacial score (nSPS) is 20.9. The summed E-state index contributed by atoms with van der Waals surface area (Å²) in [4.78, 5) is 13.3. The van der Waals surface area contributed by atoms with E-state index in [-0.39, 0.29) is 37.3 Å². The van der Waals surface area contributed by atoms with Gasteiger partial charge in [0.25, 0.3) is 5.92 Å². The molecule has 16 heavy (non-hydrogen) atoms. The number of likely N-dealkylation sites (tertiary alicyclic amines) is 1. The fourth-order valence-corrected chi connectivity index (χ4v) is 1.68. The summed E-state index contributed by atoms with van der Waals surface area (Å²) in [6, 6.07) is 0. The van der Waals surface area contributed by atoms with Gasteiger partial charge in [-0.15, -0.1) is 0 Å². The van der Waals surface area contributed by atoms with E-state index in [1.807, 2.05) is 13.8 Å². The van der Waals surface area contributed by atoms with Crippen molar-refractivity contribution < 1.29 is 13.6 Å². The molecular formula is C11H20F2N2O. The lowest BCUT2D eigenvalue weighted by Gasteiger charge is -2.34. The second-order valence-corrected chi connectivity index (χ2v) is 5.28. The van der Waals surface area contributed by atoms with Crippen LogP contribution in [-0.4, -0.2) is 36.4 Å². The van der Waals surface area contributed by atoms with E-state index >= 15 is 0 Å². The number of hydrogen-bond donors (Lipinski definition) is 1. The molecule has 0 saturated carbocycles. The maximum atomic E-state index is 12.9. The summed E-state index contributed by atoms with van der Waals surface area (Å²) in [6.45, 7) is 4.55.